The molecular weight excluding hydrogens is 247 g/mol. The lowest BCUT2D eigenvalue weighted by molar-refractivity contribution is -0.137. The summed E-state index contributed by atoms with van der Waals surface area (Å²) in [5, 5.41) is 1.83. The minimum Gasteiger partial charge on any atom is -0.326 e. The maximum absolute atomic E-state index is 12.6. The first-order chi connectivity index (χ1) is 8.02. The highest BCUT2D eigenvalue weighted by Crippen LogP contribution is 2.34. The van der Waals surface area contributed by atoms with Gasteiger partial charge in [-0.3, -0.25) is 0 Å². The Kier molecular flexibility index (Phi) is 3.22. The van der Waals surface area contributed by atoms with Gasteiger partial charge in [0.15, 0.2) is 0 Å². The van der Waals surface area contributed by atoms with E-state index < -0.39 is 11.7 Å². The number of alkyl halides is 3. The van der Waals surface area contributed by atoms with Crippen LogP contribution in [0.15, 0.2) is 35.7 Å². The van der Waals surface area contributed by atoms with Crippen molar-refractivity contribution in [2.24, 2.45) is 5.73 Å². The predicted molar refractivity (Wildman–Crippen MR) is 62.6 cm³/mol. The Morgan fingerprint density at radius 2 is 1.94 bits per heavy atom. The predicted octanol–water partition coefficient (Wildman–Crippen LogP) is 3.89. The van der Waals surface area contributed by atoms with Gasteiger partial charge in [-0.25, -0.2) is 0 Å². The summed E-state index contributed by atoms with van der Waals surface area (Å²) in [6.45, 7) is 0.337. The highest BCUT2D eigenvalue weighted by atomic mass is 32.1. The summed E-state index contributed by atoms with van der Waals surface area (Å²) >= 11 is 1.45. The fourth-order valence-electron chi connectivity index (χ4n) is 1.62. The van der Waals surface area contributed by atoms with Gasteiger partial charge in [0, 0.05) is 11.4 Å². The second kappa shape index (κ2) is 4.50. The monoisotopic (exact) mass is 257 g/mol. The van der Waals surface area contributed by atoms with E-state index in [1.54, 1.807) is 12.1 Å². The van der Waals surface area contributed by atoms with E-state index in [0.717, 1.165) is 22.6 Å². The van der Waals surface area contributed by atoms with E-state index in [4.69, 9.17) is 5.73 Å². The molecule has 0 saturated carbocycles. The highest BCUT2D eigenvalue weighted by Gasteiger charge is 2.30. The molecule has 5 heteroatoms. The van der Waals surface area contributed by atoms with Crippen molar-refractivity contribution in [2.45, 2.75) is 12.7 Å². The third-order valence-electron chi connectivity index (χ3n) is 2.43. The fraction of sp³-hybridized carbons (Fsp3) is 0.167. The fourth-order valence-corrected chi connectivity index (χ4v) is 2.40. The Labute approximate surface area is 101 Å². The highest BCUT2D eigenvalue weighted by molar-refractivity contribution is 7.10. The van der Waals surface area contributed by atoms with Crippen LogP contribution in [0.1, 0.15) is 10.4 Å². The number of benzene rings is 1. The molecule has 1 aromatic heterocycles. The Balaban J connectivity index is 2.47. The van der Waals surface area contributed by atoms with Crippen molar-refractivity contribution >= 4 is 11.3 Å². The number of thiophene rings is 1. The molecule has 0 saturated heterocycles. The summed E-state index contributed by atoms with van der Waals surface area (Å²) in [5.41, 5.74) is 6.25. The molecule has 90 valence electrons. The molecule has 0 fully saturated rings. The first kappa shape index (κ1) is 12.1. The van der Waals surface area contributed by atoms with Gasteiger partial charge < -0.3 is 5.73 Å². The van der Waals surface area contributed by atoms with E-state index in [-0.39, 0.29) is 0 Å². The van der Waals surface area contributed by atoms with Gasteiger partial charge in [0.05, 0.1) is 5.56 Å². The molecule has 0 radical (unpaired) electrons. The van der Waals surface area contributed by atoms with E-state index in [9.17, 15) is 13.2 Å². The Hall–Kier alpha value is -1.33. The molecule has 2 rings (SSSR count). The van der Waals surface area contributed by atoms with E-state index in [1.807, 2.05) is 5.38 Å². The molecule has 1 aromatic carbocycles. The van der Waals surface area contributed by atoms with Crippen LogP contribution in [0.3, 0.4) is 0 Å². The van der Waals surface area contributed by atoms with Crippen molar-refractivity contribution in [1.82, 2.24) is 0 Å². The normalized spacial score (nSPS) is 11.8. The second-order valence-corrected chi connectivity index (χ2v) is 4.54. The smallest absolute Gasteiger partial charge is 0.326 e. The molecular formula is C12H10F3NS. The quantitative estimate of drug-likeness (QED) is 0.867. The molecule has 1 heterocycles. The van der Waals surface area contributed by atoms with Crippen LogP contribution in [0.2, 0.25) is 0 Å². The number of hydrogen-bond acceptors (Lipinski definition) is 2. The maximum Gasteiger partial charge on any atom is 0.416 e. The molecule has 2 aromatic rings. The zero-order valence-electron chi connectivity index (χ0n) is 8.79. The van der Waals surface area contributed by atoms with Gasteiger partial charge in [-0.15, -0.1) is 11.3 Å². The first-order valence-corrected chi connectivity index (χ1v) is 5.84. The molecule has 0 spiro atoms. The summed E-state index contributed by atoms with van der Waals surface area (Å²) in [5.74, 6) is 0. The minimum absolute atomic E-state index is 0.337. The van der Waals surface area contributed by atoms with Crippen LogP contribution < -0.4 is 5.73 Å². The number of nitrogens with two attached hydrogens (primary N) is 1. The lowest BCUT2D eigenvalue weighted by Crippen LogP contribution is -2.04. The summed E-state index contributed by atoms with van der Waals surface area (Å²) in [6.07, 6.45) is -4.31. The lowest BCUT2D eigenvalue weighted by atomic mass is 10.0. The van der Waals surface area contributed by atoms with Crippen molar-refractivity contribution in [1.29, 1.82) is 0 Å². The van der Waals surface area contributed by atoms with Crippen LogP contribution in [-0.2, 0) is 12.7 Å². The van der Waals surface area contributed by atoms with Crippen molar-refractivity contribution in [3.05, 3.63) is 46.2 Å². The first-order valence-electron chi connectivity index (χ1n) is 4.96. The SMILES string of the molecule is NCc1sccc1-c1cccc(C(F)(F)F)c1. The standard InChI is InChI=1S/C12H10F3NS/c13-12(14,15)9-3-1-2-8(6-9)10-4-5-17-11(10)7-16/h1-6H,7,16H2. The van der Waals surface area contributed by atoms with Crippen molar-refractivity contribution in [3.63, 3.8) is 0 Å². The van der Waals surface area contributed by atoms with Gasteiger partial charge in [-0.2, -0.15) is 13.2 Å². The van der Waals surface area contributed by atoms with Crippen molar-refractivity contribution in [2.75, 3.05) is 0 Å². The second-order valence-electron chi connectivity index (χ2n) is 3.54. The molecule has 0 aliphatic carbocycles. The van der Waals surface area contributed by atoms with E-state index >= 15 is 0 Å². The third-order valence-corrected chi connectivity index (χ3v) is 3.37. The average Bonchev–Trinajstić information content (AvgIpc) is 2.76. The van der Waals surface area contributed by atoms with Crippen LogP contribution in [-0.4, -0.2) is 0 Å². The van der Waals surface area contributed by atoms with Gasteiger partial charge in [-0.1, -0.05) is 12.1 Å². The Morgan fingerprint density at radius 3 is 2.59 bits per heavy atom. The van der Waals surface area contributed by atoms with Crippen LogP contribution in [0.5, 0.6) is 0 Å². The van der Waals surface area contributed by atoms with Gasteiger partial charge >= 0.3 is 6.18 Å². The van der Waals surface area contributed by atoms with Crippen LogP contribution in [0.25, 0.3) is 11.1 Å². The Bertz CT molecular complexity index is 516. The summed E-state index contributed by atoms with van der Waals surface area (Å²) in [6, 6.07) is 7.09. The molecule has 0 bridgehead atoms. The molecule has 17 heavy (non-hydrogen) atoms. The zero-order chi connectivity index (χ0) is 12.5. The van der Waals surface area contributed by atoms with Crippen molar-refractivity contribution in [3.8, 4) is 11.1 Å². The van der Waals surface area contributed by atoms with Gasteiger partial charge in [-0.05, 0) is 34.7 Å². The molecule has 0 aliphatic heterocycles. The molecule has 2 N–H and O–H groups in total. The zero-order valence-corrected chi connectivity index (χ0v) is 9.61. The largest absolute Gasteiger partial charge is 0.416 e. The Morgan fingerprint density at radius 1 is 1.18 bits per heavy atom. The minimum atomic E-state index is -4.31. The lowest BCUT2D eigenvalue weighted by Gasteiger charge is -2.08. The number of halogens is 3. The van der Waals surface area contributed by atoms with E-state index in [0.29, 0.717) is 12.1 Å². The molecule has 0 amide bonds. The van der Waals surface area contributed by atoms with Crippen LogP contribution >= 0.6 is 11.3 Å². The van der Waals surface area contributed by atoms with Gasteiger partial charge in [0.2, 0.25) is 0 Å². The third kappa shape index (κ3) is 2.50. The van der Waals surface area contributed by atoms with Gasteiger partial charge in [0.1, 0.15) is 0 Å². The van der Waals surface area contributed by atoms with Crippen LogP contribution in [0, 0.1) is 0 Å². The summed E-state index contributed by atoms with van der Waals surface area (Å²) in [7, 11) is 0. The molecule has 0 unspecified atom stereocenters. The molecule has 1 nitrogen and oxygen atoms in total. The van der Waals surface area contributed by atoms with E-state index in [2.05, 4.69) is 0 Å². The molecule has 0 atom stereocenters. The number of hydrogen-bond donors (Lipinski definition) is 1. The maximum atomic E-state index is 12.6. The summed E-state index contributed by atoms with van der Waals surface area (Å²) < 4.78 is 37.7. The van der Waals surface area contributed by atoms with E-state index in [1.165, 1.54) is 17.4 Å². The van der Waals surface area contributed by atoms with Crippen molar-refractivity contribution < 1.29 is 13.2 Å². The van der Waals surface area contributed by atoms with Gasteiger partial charge in [0.25, 0.3) is 0 Å². The summed E-state index contributed by atoms with van der Waals surface area (Å²) in [4.78, 5) is 0.893. The average molecular weight is 257 g/mol. The number of rotatable bonds is 2. The van der Waals surface area contributed by atoms with Crippen LogP contribution in [0.4, 0.5) is 13.2 Å². The topological polar surface area (TPSA) is 26.0 Å². The molecule has 0 aliphatic rings.